The summed E-state index contributed by atoms with van der Waals surface area (Å²) in [6.07, 6.45) is -4.33. The van der Waals surface area contributed by atoms with Crippen molar-refractivity contribution >= 4 is 5.82 Å². The number of alkyl halides is 3. The normalized spacial score (nSPS) is 11.5. The Labute approximate surface area is 121 Å². The van der Waals surface area contributed by atoms with Crippen LogP contribution in [-0.2, 0) is 19.3 Å². The van der Waals surface area contributed by atoms with Gasteiger partial charge in [-0.2, -0.15) is 13.2 Å². The first-order valence-electron chi connectivity index (χ1n) is 6.47. The number of rotatable bonds is 4. The van der Waals surface area contributed by atoms with E-state index in [9.17, 15) is 13.2 Å². The number of benzene rings is 1. The minimum absolute atomic E-state index is 0.257. The maximum Gasteiger partial charge on any atom is 0.416 e. The van der Waals surface area contributed by atoms with Gasteiger partial charge in [-0.25, -0.2) is 4.98 Å². The predicted molar refractivity (Wildman–Crippen MR) is 75.6 cm³/mol. The molecule has 112 valence electrons. The third kappa shape index (κ3) is 3.95. The zero-order valence-electron chi connectivity index (χ0n) is 11.5. The van der Waals surface area contributed by atoms with E-state index in [1.165, 1.54) is 6.07 Å². The molecule has 1 heterocycles. The van der Waals surface area contributed by atoms with Gasteiger partial charge in [0.15, 0.2) is 0 Å². The molecule has 2 aromatic rings. The summed E-state index contributed by atoms with van der Waals surface area (Å²) >= 11 is 0. The van der Waals surface area contributed by atoms with Crippen molar-refractivity contribution in [3.63, 3.8) is 0 Å². The Balaban J connectivity index is 2.15. The van der Waals surface area contributed by atoms with Gasteiger partial charge in [-0.15, -0.1) is 0 Å². The minimum atomic E-state index is -4.33. The highest BCUT2D eigenvalue weighted by Crippen LogP contribution is 2.29. The Hall–Kier alpha value is -2.08. The molecular formula is C15H16F3N3. The maximum atomic E-state index is 12.7. The van der Waals surface area contributed by atoms with Crippen LogP contribution in [0, 0.1) is 6.92 Å². The number of hydrogen-bond acceptors (Lipinski definition) is 3. The van der Waals surface area contributed by atoms with Crippen molar-refractivity contribution in [2.24, 2.45) is 5.73 Å². The second kappa shape index (κ2) is 6.13. The monoisotopic (exact) mass is 295 g/mol. The SMILES string of the molecule is Cc1ccc(CN)c(NCc2cccc(C(F)(F)F)c2)n1. The summed E-state index contributed by atoms with van der Waals surface area (Å²) in [6, 6.07) is 8.92. The summed E-state index contributed by atoms with van der Waals surface area (Å²) in [4.78, 5) is 4.32. The van der Waals surface area contributed by atoms with E-state index >= 15 is 0 Å². The number of hydrogen-bond donors (Lipinski definition) is 2. The van der Waals surface area contributed by atoms with E-state index in [1.807, 2.05) is 19.1 Å². The fraction of sp³-hybridized carbons (Fsp3) is 0.267. The summed E-state index contributed by atoms with van der Waals surface area (Å²) in [5, 5.41) is 3.04. The van der Waals surface area contributed by atoms with Crippen LogP contribution >= 0.6 is 0 Å². The standard InChI is InChI=1S/C15H16F3N3/c1-10-5-6-12(8-19)14(21-10)20-9-11-3-2-4-13(7-11)15(16,17)18/h2-7H,8-9,19H2,1H3,(H,20,21). The fourth-order valence-electron chi connectivity index (χ4n) is 1.95. The van der Waals surface area contributed by atoms with Gasteiger partial charge in [0, 0.05) is 24.3 Å². The zero-order chi connectivity index (χ0) is 15.5. The highest BCUT2D eigenvalue weighted by atomic mass is 19.4. The number of nitrogens with zero attached hydrogens (tertiary/aromatic N) is 1. The molecule has 21 heavy (non-hydrogen) atoms. The molecule has 0 atom stereocenters. The van der Waals surface area contributed by atoms with Crippen molar-refractivity contribution in [1.29, 1.82) is 0 Å². The van der Waals surface area contributed by atoms with Crippen LogP contribution in [0.15, 0.2) is 36.4 Å². The lowest BCUT2D eigenvalue weighted by molar-refractivity contribution is -0.137. The molecule has 2 rings (SSSR count). The summed E-state index contributed by atoms with van der Waals surface area (Å²) in [5.74, 6) is 0.606. The molecule has 0 saturated carbocycles. The molecule has 1 aromatic carbocycles. The zero-order valence-corrected chi connectivity index (χ0v) is 11.5. The highest BCUT2D eigenvalue weighted by molar-refractivity contribution is 5.45. The van der Waals surface area contributed by atoms with E-state index in [2.05, 4.69) is 10.3 Å². The van der Waals surface area contributed by atoms with Crippen LogP contribution < -0.4 is 11.1 Å². The van der Waals surface area contributed by atoms with Crippen LogP contribution in [-0.4, -0.2) is 4.98 Å². The number of anilines is 1. The molecule has 0 bridgehead atoms. The topological polar surface area (TPSA) is 50.9 Å². The molecule has 3 nitrogen and oxygen atoms in total. The van der Waals surface area contributed by atoms with Gasteiger partial charge in [0.1, 0.15) is 5.82 Å². The van der Waals surface area contributed by atoms with Crippen LogP contribution in [0.2, 0.25) is 0 Å². The average molecular weight is 295 g/mol. The third-order valence-corrected chi connectivity index (χ3v) is 3.05. The number of aryl methyl sites for hydroxylation is 1. The van der Waals surface area contributed by atoms with Gasteiger partial charge < -0.3 is 11.1 Å². The van der Waals surface area contributed by atoms with Gasteiger partial charge in [-0.1, -0.05) is 18.2 Å². The molecule has 0 amide bonds. The number of halogens is 3. The highest BCUT2D eigenvalue weighted by Gasteiger charge is 2.30. The van der Waals surface area contributed by atoms with Gasteiger partial charge in [0.25, 0.3) is 0 Å². The molecule has 0 radical (unpaired) electrons. The molecule has 1 aromatic heterocycles. The van der Waals surface area contributed by atoms with Gasteiger partial charge in [0.05, 0.1) is 5.56 Å². The Bertz CT molecular complexity index is 624. The molecule has 0 fully saturated rings. The molecule has 0 spiro atoms. The summed E-state index contributed by atoms with van der Waals surface area (Å²) in [7, 11) is 0. The molecule has 3 N–H and O–H groups in total. The quantitative estimate of drug-likeness (QED) is 0.908. The largest absolute Gasteiger partial charge is 0.416 e. The molecule has 0 unspecified atom stereocenters. The predicted octanol–water partition coefficient (Wildman–Crippen LogP) is 3.48. The van der Waals surface area contributed by atoms with Crippen LogP contribution in [0.25, 0.3) is 0 Å². The van der Waals surface area contributed by atoms with Crippen molar-refractivity contribution < 1.29 is 13.2 Å². The van der Waals surface area contributed by atoms with Crippen molar-refractivity contribution in [1.82, 2.24) is 4.98 Å². The molecule has 0 saturated heterocycles. The maximum absolute atomic E-state index is 12.7. The summed E-state index contributed by atoms with van der Waals surface area (Å²) in [6.45, 7) is 2.42. The molecule has 0 aliphatic carbocycles. The number of aromatic nitrogens is 1. The molecular weight excluding hydrogens is 279 g/mol. The Morgan fingerprint density at radius 1 is 1.19 bits per heavy atom. The van der Waals surface area contributed by atoms with Crippen LogP contribution in [0.4, 0.5) is 19.0 Å². The first-order valence-corrected chi connectivity index (χ1v) is 6.47. The van der Waals surface area contributed by atoms with E-state index in [0.717, 1.165) is 23.4 Å². The van der Waals surface area contributed by atoms with Crippen molar-refractivity contribution in [2.45, 2.75) is 26.2 Å². The summed E-state index contributed by atoms with van der Waals surface area (Å²) in [5.41, 5.74) is 7.15. The first kappa shape index (κ1) is 15.3. The van der Waals surface area contributed by atoms with E-state index in [4.69, 9.17) is 5.73 Å². The van der Waals surface area contributed by atoms with Crippen molar-refractivity contribution in [2.75, 3.05) is 5.32 Å². The van der Waals surface area contributed by atoms with E-state index in [0.29, 0.717) is 17.9 Å². The van der Waals surface area contributed by atoms with E-state index < -0.39 is 11.7 Å². The first-order chi connectivity index (χ1) is 9.90. The van der Waals surface area contributed by atoms with Crippen LogP contribution in [0.3, 0.4) is 0 Å². The summed E-state index contributed by atoms with van der Waals surface area (Å²) < 4.78 is 38.0. The smallest absolute Gasteiger partial charge is 0.366 e. The lowest BCUT2D eigenvalue weighted by Gasteiger charge is -2.12. The second-order valence-corrected chi connectivity index (χ2v) is 4.72. The van der Waals surface area contributed by atoms with Crippen LogP contribution in [0.5, 0.6) is 0 Å². The van der Waals surface area contributed by atoms with Gasteiger partial charge in [-0.3, -0.25) is 0 Å². The number of nitrogens with one attached hydrogen (secondary N) is 1. The Morgan fingerprint density at radius 2 is 1.95 bits per heavy atom. The van der Waals surface area contributed by atoms with Crippen LogP contribution in [0.1, 0.15) is 22.4 Å². The van der Waals surface area contributed by atoms with E-state index in [-0.39, 0.29) is 6.54 Å². The van der Waals surface area contributed by atoms with Crippen molar-refractivity contribution in [3.8, 4) is 0 Å². The minimum Gasteiger partial charge on any atom is -0.366 e. The second-order valence-electron chi connectivity index (χ2n) is 4.72. The third-order valence-electron chi connectivity index (χ3n) is 3.05. The number of nitrogens with two attached hydrogens (primary N) is 1. The molecule has 0 aliphatic heterocycles. The average Bonchev–Trinajstić information content (AvgIpc) is 2.45. The van der Waals surface area contributed by atoms with Gasteiger partial charge in [-0.05, 0) is 30.7 Å². The molecule has 6 heteroatoms. The van der Waals surface area contributed by atoms with E-state index in [1.54, 1.807) is 6.07 Å². The van der Waals surface area contributed by atoms with Gasteiger partial charge >= 0.3 is 6.18 Å². The Morgan fingerprint density at radius 3 is 2.62 bits per heavy atom. The van der Waals surface area contributed by atoms with Crippen molar-refractivity contribution in [3.05, 3.63) is 58.8 Å². The number of pyridine rings is 1. The lowest BCUT2D eigenvalue weighted by Crippen LogP contribution is -2.10. The fourth-order valence-corrected chi connectivity index (χ4v) is 1.95. The Kier molecular flexibility index (Phi) is 4.47. The lowest BCUT2D eigenvalue weighted by atomic mass is 10.1. The van der Waals surface area contributed by atoms with Gasteiger partial charge in [0.2, 0.25) is 0 Å². The molecule has 0 aliphatic rings.